The lowest BCUT2D eigenvalue weighted by atomic mass is 10.2. The Labute approximate surface area is 205 Å². The first-order valence-corrected chi connectivity index (χ1v) is 12.1. The molecule has 0 aliphatic carbocycles. The Morgan fingerprint density at radius 2 is 1.60 bits per heavy atom. The van der Waals surface area contributed by atoms with Crippen molar-refractivity contribution in [2.45, 2.75) is 19.0 Å². The van der Waals surface area contributed by atoms with Gasteiger partial charge in [0.2, 0.25) is 0 Å². The van der Waals surface area contributed by atoms with E-state index in [9.17, 15) is 14.0 Å². The smallest absolute Gasteiger partial charge is 0.266 e. The first-order chi connectivity index (χ1) is 17.0. The predicted molar refractivity (Wildman–Crippen MR) is 138 cm³/mol. The van der Waals surface area contributed by atoms with Gasteiger partial charge in [-0.1, -0.05) is 54.2 Å². The number of aromatic nitrogens is 3. The summed E-state index contributed by atoms with van der Waals surface area (Å²) in [7, 11) is 0. The van der Waals surface area contributed by atoms with Crippen LogP contribution in [0, 0.1) is 19.7 Å². The van der Waals surface area contributed by atoms with Gasteiger partial charge in [0, 0.05) is 22.6 Å². The van der Waals surface area contributed by atoms with Gasteiger partial charge in [-0.2, -0.15) is 0 Å². The molecule has 0 radical (unpaired) electrons. The van der Waals surface area contributed by atoms with Crippen molar-refractivity contribution in [1.82, 2.24) is 14.1 Å². The molecule has 0 aliphatic heterocycles. The predicted octanol–water partition coefficient (Wildman–Crippen LogP) is 5.91. The molecule has 2 aromatic heterocycles. The number of hydrogen-bond acceptors (Lipinski definition) is 4. The molecule has 0 fully saturated rings. The zero-order valence-corrected chi connectivity index (χ0v) is 20.1. The number of rotatable bonds is 6. The molecule has 35 heavy (non-hydrogen) atoms. The summed E-state index contributed by atoms with van der Waals surface area (Å²) in [6.45, 7) is 3.88. The van der Waals surface area contributed by atoms with E-state index >= 15 is 0 Å². The van der Waals surface area contributed by atoms with E-state index in [2.05, 4.69) is 4.98 Å². The summed E-state index contributed by atoms with van der Waals surface area (Å²) < 4.78 is 18.0. The third-order valence-corrected chi connectivity index (χ3v) is 6.86. The lowest BCUT2D eigenvalue weighted by Gasteiger charge is -2.13. The maximum atomic E-state index is 14.7. The zero-order chi connectivity index (χ0) is 24.5. The molecule has 5 aromatic rings. The van der Waals surface area contributed by atoms with E-state index in [0.717, 1.165) is 28.8 Å². The van der Waals surface area contributed by atoms with Crippen LogP contribution < -0.4 is 5.56 Å². The first-order valence-electron chi connectivity index (χ1n) is 11.1. The fraction of sp³-hybridized carbons (Fsp3) is 0.107. The summed E-state index contributed by atoms with van der Waals surface area (Å²) in [6.07, 6.45) is 0. The number of hydrogen-bond donors (Lipinski definition) is 0. The summed E-state index contributed by atoms with van der Waals surface area (Å²) >= 11 is 1.13. The SMILES string of the molecule is Cc1cc(C(=O)CSc2nc3ccccc3c(=O)n2-c2ccccc2F)c(C)n1-c1ccccc1. The van der Waals surface area contributed by atoms with Crippen molar-refractivity contribution in [3.8, 4) is 11.4 Å². The van der Waals surface area contributed by atoms with E-state index in [1.54, 1.807) is 36.4 Å². The fourth-order valence-corrected chi connectivity index (χ4v) is 5.17. The second kappa shape index (κ2) is 9.35. The third-order valence-electron chi connectivity index (χ3n) is 5.92. The Morgan fingerprint density at radius 1 is 0.914 bits per heavy atom. The van der Waals surface area contributed by atoms with Gasteiger partial charge >= 0.3 is 0 Å². The molecule has 5 rings (SSSR count). The highest BCUT2D eigenvalue weighted by Crippen LogP contribution is 2.26. The van der Waals surface area contributed by atoms with Crippen LogP contribution in [-0.4, -0.2) is 25.7 Å². The highest BCUT2D eigenvalue weighted by Gasteiger charge is 2.20. The van der Waals surface area contributed by atoms with Crippen molar-refractivity contribution < 1.29 is 9.18 Å². The number of aryl methyl sites for hydroxylation is 1. The van der Waals surface area contributed by atoms with Crippen molar-refractivity contribution in [1.29, 1.82) is 0 Å². The van der Waals surface area contributed by atoms with Crippen LogP contribution >= 0.6 is 11.8 Å². The van der Waals surface area contributed by atoms with Crippen LogP contribution in [0.3, 0.4) is 0 Å². The number of thioether (sulfide) groups is 1. The van der Waals surface area contributed by atoms with Crippen LogP contribution in [-0.2, 0) is 0 Å². The number of para-hydroxylation sites is 3. The molecular formula is C28H22FN3O2S. The molecular weight excluding hydrogens is 461 g/mol. The summed E-state index contributed by atoms with van der Waals surface area (Å²) in [5.41, 5.74) is 3.62. The molecule has 0 aliphatic rings. The Kier molecular flexibility index (Phi) is 6.09. The van der Waals surface area contributed by atoms with Crippen LogP contribution in [0.15, 0.2) is 94.9 Å². The highest BCUT2D eigenvalue weighted by molar-refractivity contribution is 7.99. The summed E-state index contributed by atoms with van der Waals surface area (Å²) in [4.78, 5) is 31.2. The van der Waals surface area contributed by atoms with Gasteiger partial charge in [0.15, 0.2) is 10.9 Å². The van der Waals surface area contributed by atoms with Crippen LogP contribution in [0.4, 0.5) is 4.39 Å². The van der Waals surface area contributed by atoms with Gasteiger partial charge in [0.25, 0.3) is 5.56 Å². The van der Waals surface area contributed by atoms with E-state index in [4.69, 9.17) is 0 Å². The normalized spacial score (nSPS) is 11.2. The van der Waals surface area contributed by atoms with Crippen molar-refractivity contribution in [3.05, 3.63) is 118 Å². The van der Waals surface area contributed by atoms with Gasteiger partial charge in [-0.3, -0.25) is 14.2 Å². The van der Waals surface area contributed by atoms with Gasteiger partial charge in [0.1, 0.15) is 5.82 Å². The van der Waals surface area contributed by atoms with Gasteiger partial charge in [-0.15, -0.1) is 0 Å². The fourth-order valence-electron chi connectivity index (χ4n) is 4.28. The van der Waals surface area contributed by atoms with Gasteiger partial charge in [-0.05, 0) is 56.3 Å². The molecule has 0 saturated heterocycles. The number of carbonyl (C=O) groups excluding carboxylic acids is 1. The molecule has 0 spiro atoms. The number of Topliss-reactive ketones (excluding diaryl/α,β-unsaturated/α-hetero) is 1. The molecule has 2 heterocycles. The standard InChI is InChI=1S/C28H22FN3O2S/c1-18-16-22(19(2)31(18)20-10-4-3-5-11-20)26(33)17-35-28-30-24-14-8-6-12-21(24)27(34)32(28)25-15-9-7-13-23(25)29/h3-16H,17H2,1-2H3. The quantitative estimate of drug-likeness (QED) is 0.171. The maximum absolute atomic E-state index is 14.7. The monoisotopic (exact) mass is 483 g/mol. The highest BCUT2D eigenvalue weighted by atomic mass is 32.2. The second-order valence-corrected chi connectivity index (χ2v) is 9.11. The minimum absolute atomic E-state index is 0.0539. The van der Waals surface area contributed by atoms with Gasteiger partial charge in [0.05, 0.1) is 22.3 Å². The second-order valence-electron chi connectivity index (χ2n) is 8.17. The lowest BCUT2D eigenvalue weighted by molar-refractivity contribution is 0.102. The molecule has 5 nitrogen and oxygen atoms in total. The van der Waals surface area contributed by atoms with Crippen molar-refractivity contribution in [2.75, 3.05) is 5.75 Å². The number of benzene rings is 3. The van der Waals surface area contributed by atoms with Crippen LogP contribution in [0.2, 0.25) is 0 Å². The zero-order valence-electron chi connectivity index (χ0n) is 19.2. The molecule has 3 aromatic carbocycles. The molecule has 174 valence electrons. The average Bonchev–Trinajstić information content (AvgIpc) is 3.17. The van der Waals surface area contributed by atoms with Crippen LogP contribution in [0.1, 0.15) is 21.7 Å². The topological polar surface area (TPSA) is 56.9 Å². The van der Waals surface area contributed by atoms with Crippen LogP contribution in [0.25, 0.3) is 22.3 Å². The Morgan fingerprint density at radius 3 is 2.37 bits per heavy atom. The maximum Gasteiger partial charge on any atom is 0.266 e. The number of ketones is 1. The van der Waals surface area contributed by atoms with E-state index in [1.165, 1.54) is 16.7 Å². The Balaban J connectivity index is 1.53. The van der Waals surface area contributed by atoms with E-state index < -0.39 is 5.82 Å². The molecule has 0 atom stereocenters. The number of halogens is 1. The minimum Gasteiger partial charge on any atom is -0.318 e. The molecule has 7 heteroatoms. The van der Waals surface area contributed by atoms with E-state index in [-0.39, 0.29) is 27.9 Å². The number of nitrogens with zero attached hydrogens (tertiary/aromatic N) is 3. The molecule has 0 bridgehead atoms. The lowest BCUT2D eigenvalue weighted by Crippen LogP contribution is -2.23. The van der Waals surface area contributed by atoms with E-state index in [0.29, 0.717) is 16.5 Å². The summed E-state index contributed by atoms with van der Waals surface area (Å²) in [5, 5.41) is 0.654. The van der Waals surface area contributed by atoms with Crippen molar-refractivity contribution >= 4 is 28.4 Å². The third kappa shape index (κ3) is 4.19. The van der Waals surface area contributed by atoms with Crippen molar-refractivity contribution in [3.63, 3.8) is 0 Å². The average molecular weight is 484 g/mol. The number of carbonyl (C=O) groups is 1. The summed E-state index contributed by atoms with van der Waals surface area (Å²) in [6, 6.07) is 24.7. The molecule has 0 amide bonds. The summed E-state index contributed by atoms with van der Waals surface area (Å²) in [5.74, 6) is -0.572. The molecule has 0 saturated carbocycles. The van der Waals surface area contributed by atoms with E-state index in [1.807, 2.05) is 54.8 Å². The molecule has 0 unspecified atom stereocenters. The first kappa shape index (κ1) is 22.8. The largest absolute Gasteiger partial charge is 0.318 e. The minimum atomic E-state index is -0.536. The Hall–Kier alpha value is -3.97. The van der Waals surface area contributed by atoms with Crippen LogP contribution in [0.5, 0.6) is 0 Å². The van der Waals surface area contributed by atoms with Gasteiger partial charge in [-0.25, -0.2) is 9.37 Å². The molecule has 0 N–H and O–H groups in total. The van der Waals surface area contributed by atoms with Gasteiger partial charge < -0.3 is 4.57 Å². The van der Waals surface area contributed by atoms with Crippen molar-refractivity contribution in [2.24, 2.45) is 0 Å². The Bertz CT molecular complexity index is 1620. The number of fused-ring (bicyclic) bond motifs is 1.